The van der Waals surface area contributed by atoms with Gasteiger partial charge < -0.3 is 11.1 Å². The summed E-state index contributed by atoms with van der Waals surface area (Å²) in [5.41, 5.74) is 6.86. The molecule has 0 aliphatic rings. The number of anilines is 2. The molecule has 0 spiro atoms. The first-order valence-electron chi connectivity index (χ1n) is 5.93. The van der Waals surface area contributed by atoms with Gasteiger partial charge in [0.1, 0.15) is 0 Å². The number of thiazole rings is 1. The van der Waals surface area contributed by atoms with Gasteiger partial charge in [0.05, 0.1) is 21.3 Å². The SMILES string of the molecule is CC(CNc1cc(S(N)(=O)=O)ccc1N)c1nccs1. The summed E-state index contributed by atoms with van der Waals surface area (Å²) in [6, 6.07) is 4.36. The molecule has 8 heteroatoms. The number of benzene rings is 1. The summed E-state index contributed by atoms with van der Waals surface area (Å²) in [5.74, 6) is 0.201. The van der Waals surface area contributed by atoms with Crippen LogP contribution in [0, 0.1) is 0 Å². The molecule has 0 amide bonds. The molecular formula is C12H16N4O2S2. The Kier molecular flexibility index (Phi) is 4.26. The first-order valence-corrected chi connectivity index (χ1v) is 8.36. The predicted octanol–water partition coefficient (Wildman–Crippen LogP) is 1.59. The van der Waals surface area contributed by atoms with Crippen molar-refractivity contribution >= 4 is 32.7 Å². The topological polar surface area (TPSA) is 111 Å². The Morgan fingerprint density at radius 3 is 2.80 bits per heavy atom. The van der Waals surface area contributed by atoms with E-state index in [1.54, 1.807) is 17.5 Å². The Hall–Kier alpha value is -1.64. The average Bonchev–Trinajstić information content (AvgIpc) is 2.90. The average molecular weight is 312 g/mol. The van der Waals surface area contributed by atoms with Crippen molar-refractivity contribution in [3.63, 3.8) is 0 Å². The number of aromatic nitrogens is 1. The van der Waals surface area contributed by atoms with E-state index in [9.17, 15) is 8.42 Å². The van der Waals surface area contributed by atoms with Gasteiger partial charge in [0.2, 0.25) is 10.0 Å². The monoisotopic (exact) mass is 312 g/mol. The molecule has 0 fully saturated rings. The number of hydrogen-bond donors (Lipinski definition) is 3. The van der Waals surface area contributed by atoms with E-state index in [1.807, 2.05) is 12.3 Å². The Labute approximate surface area is 121 Å². The van der Waals surface area contributed by atoms with Crippen LogP contribution in [0.5, 0.6) is 0 Å². The second kappa shape index (κ2) is 5.78. The third kappa shape index (κ3) is 3.47. The highest BCUT2D eigenvalue weighted by atomic mass is 32.2. The molecule has 0 radical (unpaired) electrons. The van der Waals surface area contributed by atoms with Gasteiger partial charge in [-0.15, -0.1) is 11.3 Å². The van der Waals surface area contributed by atoms with Gasteiger partial charge in [0.25, 0.3) is 0 Å². The number of nitrogen functional groups attached to an aromatic ring is 1. The van der Waals surface area contributed by atoms with Crippen molar-refractivity contribution in [3.8, 4) is 0 Å². The van der Waals surface area contributed by atoms with E-state index in [-0.39, 0.29) is 10.8 Å². The van der Waals surface area contributed by atoms with Crippen molar-refractivity contribution in [2.45, 2.75) is 17.7 Å². The van der Waals surface area contributed by atoms with Crippen LogP contribution >= 0.6 is 11.3 Å². The summed E-state index contributed by atoms with van der Waals surface area (Å²) >= 11 is 1.58. The number of sulfonamides is 1. The normalized spacial score (nSPS) is 13.1. The maximum Gasteiger partial charge on any atom is 0.238 e. The third-order valence-corrected chi connectivity index (χ3v) is 4.74. The quantitative estimate of drug-likeness (QED) is 0.726. The standard InChI is InChI=1S/C12H16N4O2S2/c1-8(12-15-4-5-19-12)7-16-11-6-9(20(14,17)18)2-3-10(11)13/h2-6,8,16H,7,13H2,1H3,(H2,14,17,18). The van der Waals surface area contributed by atoms with Crippen LogP contribution in [0.15, 0.2) is 34.7 Å². The largest absolute Gasteiger partial charge is 0.397 e. The predicted molar refractivity (Wildman–Crippen MR) is 81.2 cm³/mol. The minimum absolute atomic E-state index is 0.0381. The molecule has 6 nitrogen and oxygen atoms in total. The summed E-state index contributed by atoms with van der Waals surface area (Å²) in [7, 11) is -3.73. The molecule has 108 valence electrons. The zero-order valence-electron chi connectivity index (χ0n) is 10.9. The summed E-state index contributed by atoms with van der Waals surface area (Å²) < 4.78 is 22.6. The Morgan fingerprint density at radius 1 is 1.45 bits per heavy atom. The molecule has 0 aliphatic carbocycles. The first-order chi connectivity index (χ1) is 9.38. The van der Waals surface area contributed by atoms with Gasteiger partial charge in [0, 0.05) is 24.0 Å². The highest BCUT2D eigenvalue weighted by molar-refractivity contribution is 7.89. The molecule has 1 aromatic carbocycles. The molecule has 5 N–H and O–H groups in total. The van der Waals surface area contributed by atoms with Gasteiger partial charge in [-0.05, 0) is 18.2 Å². The lowest BCUT2D eigenvalue weighted by atomic mass is 10.2. The zero-order valence-corrected chi connectivity index (χ0v) is 12.5. The zero-order chi connectivity index (χ0) is 14.8. The van der Waals surface area contributed by atoms with Crippen LogP contribution in [0.4, 0.5) is 11.4 Å². The van der Waals surface area contributed by atoms with Crippen LogP contribution in [0.3, 0.4) is 0 Å². The van der Waals surface area contributed by atoms with E-state index in [0.29, 0.717) is 17.9 Å². The van der Waals surface area contributed by atoms with Gasteiger partial charge >= 0.3 is 0 Å². The van der Waals surface area contributed by atoms with Gasteiger partial charge in [-0.3, -0.25) is 0 Å². The molecule has 1 unspecified atom stereocenters. The van der Waals surface area contributed by atoms with Gasteiger partial charge in [0.15, 0.2) is 0 Å². The maximum absolute atomic E-state index is 11.3. The first kappa shape index (κ1) is 14.8. The van der Waals surface area contributed by atoms with Gasteiger partial charge in [-0.1, -0.05) is 6.92 Å². The number of nitrogens with zero attached hydrogens (tertiary/aromatic N) is 1. The van der Waals surface area contributed by atoms with Crippen LogP contribution in [0.25, 0.3) is 0 Å². The van der Waals surface area contributed by atoms with E-state index in [1.165, 1.54) is 18.2 Å². The van der Waals surface area contributed by atoms with E-state index in [2.05, 4.69) is 10.3 Å². The number of nitrogens with two attached hydrogens (primary N) is 2. The molecule has 1 heterocycles. The lowest BCUT2D eigenvalue weighted by Gasteiger charge is -2.14. The van der Waals surface area contributed by atoms with Crippen LogP contribution in [-0.2, 0) is 10.0 Å². The minimum atomic E-state index is -3.73. The molecule has 20 heavy (non-hydrogen) atoms. The van der Waals surface area contributed by atoms with Crippen molar-refractivity contribution in [2.24, 2.45) is 5.14 Å². The highest BCUT2D eigenvalue weighted by Gasteiger charge is 2.12. The molecule has 1 atom stereocenters. The molecule has 2 rings (SSSR count). The number of rotatable bonds is 5. The molecule has 2 aromatic rings. The van der Waals surface area contributed by atoms with Gasteiger partial charge in [-0.25, -0.2) is 18.5 Å². The maximum atomic E-state index is 11.3. The number of nitrogens with one attached hydrogen (secondary N) is 1. The summed E-state index contributed by atoms with van der Waals surface area (Å²) in [6.45, 7) is 2.64. The van der Waals surface area contributed by atoms with Crippen molar-refractivity contribution < 1.29 is 8.42 Å². The summed E-state index contributed by atoms with van der Waals surface area (Å²) in [4.78, 5) is 4.28. The second-order valence-corrected chi connectivity index (χ2v) is 6.93. The minimum Gasteiger partial charge on any atom is -0.397 e. The van der Waals surface area contributed by atoms with Crippen LogP contribution < -0.4 is 16.2 Å². The highest BCUT2D eigenvalue weighted by Crippen LogP contribution is 2.24. The second-order valence-electron chi connectivity index (χ2n) is 4.45. The van der Waals surface area contributed by atoms with E-state index in [0.717, 1.165) is 5.01 Å². The van der Waals surface area contributed by atoms with E-state index in [4.69, 9.17) is 10.9 Å². The molecular weight excluding hydrogens is 296 g/mol. The third-order valence-electron chi connectivity index (χ3n) is 2.82. The number of hydrogen-bond acceptors (Lipinski definition) is 6. The van der Waals surface area contributed by atoms with Crippen LogP contribution in [-0.4, -0.2) is 19.9 Å². The Balaban J connectivity index is 2.13. The van der Waals surface area contributed by atoms with Crippen molar-refractivity contribution in [1.82, 2.24) is 4.98 Å². The van der Waals surface area contributed by atoms with E-state index < -0.39 is 10.0 Å². The van der Waals surface area contributed by atoms with Crippen molar-refractivity contribution in [2.75, 3.05) is 17.6 Å². The molecule has 0 saturated heterocycles. The molecule has 0 saturated carbocycles. The van der Waals surface area contributed by atoms with Crippen LogP contribution in [0.1, 0.15) is 17.8 Å². The fourth-order valence-corrected chi connectivity index (χ4v) is 2.93. The smallest absolute Gasteiger partial charge is 0.238 e. The Bertz CT molecular complexity index is 683. The summed E-state index contributed by atoms with van der Waals surface area (Å²) in [5, 5.41) is 11.2. The molecule has 1 aromatic heterocycles. The van der Waals surface area contributed by atoms with Crippen molar-refractivity contribution in [3.05, 3.63) is 34.8 Å². The fraction of sp³-hybridized carbons (Fsp3) is 0.250. The lowest BCUT2D eigenvalue weighted by Crippen LogP contribution is -2.14. The van der Waals surface area contributed by atoms with Gasteiger partial charge in [-0.2, -0.15) is 0 Å². The molecule has 0 aliphatic heterocycles. The summed E-state index contributed by atoms with van der Waals surface area (Å²) in [6.07, 6.45) is 1.76. The lowest BCUT2D eigenvalue weighted by molar-refractivity contribution is 0.598. The Morgan fingerprint density at radius 2 is 2.20 bits per heavy atom. The fourth-order valence-electron chi connectivity index (χ4n) is 1.69. The number of primary sulfonamides is 1. The van der Waals surface area contributed by atoms with Crippen LogP contribution in [0.2, 0.25) is 0 Å². The molecule has 0 bridgehead atoms. The van der Waals surface area contributed by atoms with Crippen molar-refractivity contribution in [1.29, 1.82) is 0 Å². The van der Waals surface area contributed by atoms with E-state index >= 15 is 0 Å².